The zero-order valence-corrected chi connectivity index (χ0v) is 10.6. The number of hydrogen-bond acceptors (Lipinski definition) is 3. The van der Waals surface area contributed by atoms with E-state index >= 15 is 0 Å². The first kappa shape index (κ1) is 14.2. The Morgan fingerprint density at radius 2 is 2.06 bits per heavy atom. The number of aliphatic hydroxyl groups excluding tert-OH is 1. The van der Waals surface area contributed by atoms with Crippen LogP contribution in [0.4, 0.5) is 4.39 Å². The molecule has 0 bridgehead atoms. The van der Waals surface area contributed by atoms with Crippen LogP contribution in [-0.2, 0) is 4.74 Å². The summed E-state index contributed by atoms with van der Waals surface area (Å²) < 4.78 is 23.2. The number of ether oxygens (including phenoxy) is 2. The molecule has 1 aromatic rings. The third-order valence-corrected chi connectivity index (χ3v) is 2.24. The van der Waals surface area contributed by atoms with Crippen LogP contribution in [0.5, 0.6) is 5.75 Å². The topological polar surface area (TPSA) is 38.7 Å². The highest BCUT2D eigenvalue weighted by Gasteiger charge is 2.09. The molecule has 0 aromatic heterocycles. The summed E-state index contributed by atoms with van der Waals surface area (Å²) in [6.07, 6.45) is -0.683. The quantitative estimate of drug-likeness (QED) is 0.857. The zero-order valence-electron chi connectivity index (χ0n) is 9.82. The minimum Gasteiger partial charge on any atom is -0.489 e. The second-order valence-electron chi connectivity index (χ2n) is 3.92. The lowest BCUT2D eigenvalue weighted by Gasteiger charge is -2.15. The number of rotatable bonds is 6. The first-order chi connectivity index (χ1) is 7.99. The summed E-state index contributed by atoms with van der Waals surface area (Å²) in [6, 6.07) is 3.83. The van der Waals surface area contributed by atoms with E-state index < -0.39 is 11.9 Å². The van der Waals surface area contributed by atoms with Crippen molar-refractivity contribution in [3.8, 4) is 5.75 Å². The van der Waals surface area contributed by atoms with E-state index in [1.807, 2.05) is 13.8 Å². The molecular formula is C12H16ClFO3. The summed E-state index contributed by atoms with van der Waals surface area (Å²) in [5.41, 5.74) is 0. The number of benzene rings is 1. The van der Waals surface area contributed by atoms with Gasteiger partial charge in [-0.05, 0) is 32.0 Å². The second kappa shape index (κ2) is 6.79. The first-order valence-electron chi connectivity index (χ1n) is 5.36. The minimum atomic E-state index is -0.737. The van der Waals surface area contributed by atoms with Gasteiger partial charge in [0.25, 0.3) is 0 Å². The van der Waals surface area contributed by atoms with Gasteiger partial charge in [0.2, 0.25) is 0 Å². The normalized spacial score (nSPS) is 12.8. The minimum absolute atomic E-state index is 0.0536. The molecule has 0 spiro atoms. The van der Waals surface area contributed by atoms with Crippen molar-refractivity contribution in [2.75, 3.05) is 13.2 Å². The molecule has 1 N–H and O–H groups in total. The molecule has 0 fully saturated rings. The van der Waals surface area contributed by atoms with E-state index in [0.717, 1.165) is 6.07 Å². The predicted molar refractivity (Wildman–Crippen MR) is 64.0 cm³/mol. The first-order valence-corrected chi connectivity index (χ1v) is 5.74. The highest BCUT2D eigenvalue weighted by molar-refractivity contribution is 6.32. The second-order valence-corrected chi connectivity index (χ2v) is 4.33. The van der Waals surface area contributed by atoms with Crippen molar-refractivity contribution in [1.29, 1.82) is 0 Å². The lowest BCUT2D eigenvalue weighted by atomic mass is 10.3. The third kappa shape index (κ3) is 5.35. The van der Waals surface area contributed by atoms with E-state index in [1.165, 1.54) is 12.1 Å². The predicted octanol–water partition coefficient (Wildman–Crippen LogP) is 2.64. The summed E-state index contributed by atoms with van der Waals surface area (Å²) in [6.45, 7) is 4.00. The Morgan fingerprint density at radius 1 is 1.35 bits per heavy atom. The number of aliphatic hydroxyl groups is 1. The summed E-state index contributed by atoms with van der Waals surface area (Å²) in [4.78, 5) is 0. The molecule has 0 aliphatic carbocycles. The maximum absolute atomic E-state index is 12.7. The van der Waals surface area contributed by atoms with Crippen LogP contribution in [0.25, 0.3) is 0 Å². The largest absolute Gasteiger partial charge is 0.489 e. The molecule has 1 rings (SSSR count). The highest BCUT2D eigenvalue weighted by Crippen LogP contribution is 2.24. The van der Waals surface area contributed by atoms with E-state index in [-0.39, 0.29) is 24.3 Å². The van der Waals surface area contributed by atoms with Gasteiger partial charge < -0.3 is 14.6 Å². The number of halogens is 2. The van der Waals surface area contributed by atoms with Gasteiger partial charge in [-0.2, -0.15) is 0 Å². The maximum atomic E-state index is 12.7. The highest BCUT2D eigenvalue weighted by atomic mass is 35.5. The molecule has 0 aliphatic heterocycles. The fraction of sp³-hybridized carbons (Fsp3) is 0.500. The van der Waals surface area contributed by atoms with Crippen LogP contribution in [-0.4, -0.2) is 30.5 Å². The molecule has 0 radical (unpaired) electrons. The Hall–Kier alpha value is -0.840. The standard InChI is InChI=1S/C12H16ClFO3/c1-8(2)16-6-10(15)7-17-12-4-3-9(14)5-11(12)13/h3-5,8,10,15H,6-7H2,1-2H3. The molecule has 3 nitrogen and oxygen atoms in total. The summed E-state index contributed by atoms with van der Waals surface area (Å²) in [7, 11) is 0. The Bertz CT molecular complexity index is 358. The van der Waals surface area contributed by atoms with Crippen molar-refractivity contribution >= 4 is 11.6 Å². The van der Waals surface area contributed by atoms with Gasteiger partial charge in [0.05, 0.1) is 17.7 Å². The van der Waals surface area contributed by atoms with Gasteiger partial charge in [0.15, 0.2) is 0 Å². The van der Waals surface area contributed by atoms with Crippen LogP contribution in [0.15, 0.2) is 18.2 Å². The smallest absolute Gasteiger partial charge is 0.138 e. The lowest BCUT2D eigenvalue weighted by Crippen LogP contribution is -2.25. The zero-order chi connectivity index (χ0) is 12.8. The molecule has 1 unspecified atom stereocenters. The van der Waals surface area contributed by atoms with Gasteiger partial charge in [0.1, 0.15) is 24.3 Å². The average molecular weight is 263 g/mol. The molecule has 1 atom stereocenters. The Kier molecular flexibility index (Phi) is 5.68. The van der Waals surface area contributed by atoms with Crippen molar-refractivity contribution in [2.45, 2.75) is 26.1 Å². The van der Waals surface area contributed by atoms with Crippen LogP contribution in [0, 0.1) is 5.82 Å². The van der Waals surface area contributed by atoms with Gasteiger partial charge in [0, 0.05) is 0 Å². The van der Waals surface area contributed by atoms with Crippen molar-refractivity contribution < 1.29 is 19.0 Å². The van der Waals surface area contributed by atoms with Gasteiger partial charge in [-0.25, -0.2) is 4.39 Å². The third-order valence-electron chi connectivity index (χ3n) is 1.95. The summed E-state index contributed by atoms with van der Waals surface area (Å²) in [5.74, 6) is -0.0808. The fourth-order valence-electron chi connectivity index (χ4n) is 1.13. The molecule has 17 heavy (non-hydrogen) atoms. The summed E-state index contributed by atoms with van der Waals surface area (Å²) in [5, 5.41) is 9.72. The Balaban J connectivity index is 2.39. The van der Waals surface area contributed by atoms with Crippen molar-refractivity contribution in [3.63, 3.8) is 0 Å². The van der Waals surface area contributed by atoms with E-state index in [2.05, 4.69) is 0 Å². The van der Waals surface area contributed by atoms with Crippen molar-refractivity contribution in [3.05, 3.63) is 29.0 Å². The van der Waals surface area contributed by atoms with Gasteiger partial charge >= 0.3 is 0 Å². The van der Waals surface area contributed by atoms with Crippen LogP contribution in [0.3, 0.4) is 0 Å². The van der Waals surface area contributed by atoms with Crippen molar-refractivity contribution in [2.24, 2.45) is 0 Å². The SMILES string of the molecule is CC(C)OCC(O)COc1ccc(F)cc1Cl. The van der Waals surface area contributed by atoms with Crippen LogP contribution >= 0.6 is 11.6 Å². The molecule has 5 heteroatoms. The molecular weight excluding hydrogens is 247 g/mol. The number of hydrogen-bond donors (Lipinski definition) is 1. The molecule has 0 amide bonds. The molecule has 1 aromatic carbocycles. The molecule has 0 saturated heterocycles. The maximum Gasteiger partial charge on any atom is 0.138 e. The van der Waals surface area contributed by atoms with Gasteiger partial charge in [-0.15, -0.1) is 0 Å². The van der Waals surface area contributed by atoms with E-state index in [4.69, 9.17) is 21.1 Å². The monoisotopic (exact) mass is 262 g/mol. The average Bonchev–Trinajstić information content (AvgIpc) is 2.25. The van der Waals surface area contributed by atoms with Crippen LogP contribution in [0.1, 0.15) is 13.8 Å². The lowest BCUT2D eigenvalue weighted by molar-refractivity contribution is -0.0122. The summed E-state index contributed by atoms with van der Waals surface area (Å²) >= 11 is 5.76. The molecule has 0 aliphatic rings. The van der Waals surface area contributed by atoms with Crippen LogP contribution < -0.4 is 4.74 Å². The van der Waals surface area contributed by atoms with Crippen molar-refractivity contribution in [1.82, 2.24) is 0 Å². The van der Waals surface area contributed by atoms with Gasteiger partial charge in [-0.1, -0.05) is 11.6 Å². The van der Waals surface area contributed by atoms with E-state index in [9.17, 15) is 9.50 Å². The molecule has 0 saturated carbocycles. The van der Waals surface area contributed by atoms with E-state index in [1.54, 1.807) is 0 Å². The van der Waals surface area contributed by atoms with Crippen LogP contribution in [0.2, 0.25) is 5.02 Å². The molecule has 96 valence electrons. The van der Waals surface area contributed by atoms with Gasteiger partial charge in [-0.3, -0.25) is 0 Å². The van der Waals surface area contributed by atoms with E-state index in [0.29, 0.717) is 5.75 Å². The Morgan fingerprint density at radius 3 is 2.65 bits per heavy atom. The molecule has 0 heterocycles. The Labute approximate surface area is 105 Å². The fourth-order valence-corrected chi connectivity index (χ4v) is 1.35.